The summed E-state index contributed by atoms with van der Waals surface area (Å²) in [6, 6.07) is 0. The number of aliphatic carboxylic acids is 1. The molecule has 74 valence electrons. The van der Waals surface area contributed by atoms with E-state index in [1.165, 1.54) is 6.20 Å². The van der Waals surface area contributed by atoms with Crippen molar-refractivity contribution in [1.82, 2.24) is 4.90 Å². The van der Waals surface area contributed by atoms with Crippen molar-refractivity contribution in [3.63, 3.8) is 0 Å². The van der Waals surface area contributed by atoms with Crippen LogP contribution in [0.3, 0.4) is 0 Å². The molecule has 0 rings (SSSR count). The summed E-state index contributed by atoms with van der Waals surface area (Å²) in [6.45, 7) is 6.23. The number of hydrogen-bond acceptors (Lipinski definition) is 3. The van der Waals surface area contributed by atoms with Crippen molar-refractivity contribution in [2.24, 2.45) is 5.73 Å². The van der Waals surface area contributed by atoms with Gasteiger partial charge in [0.05, 0.1) is 0 Å². The molecule has 0 spiro atoms. The van der Waals surface area contributed by atoms with Crippen LogP contribution in [0.25, 0.3) is 0 Å². The van der Waals surface area contributed by atoms with E-state index in [4.69, 9.17) is 10.8 Å². The van der Waals surface area contributed by atoms with Crippen molar-refractivity contribution < 1.29 is 9.90 Å². The first-order valence-electron chi connectivity index (χ1n) is 4.10. The summed E-state index contributed by atoms with van der Waals surface area (Å²) in [6.07, 6.45) is 3.86. The first-order valence-corrected chi connectivity index (χ1v) is 4.10. The van der Waals surface area contributed by atoms with Gasteiger partial charge >= 0.3 is 5.97 Å². The highest BCUT2D eigenvalue weighted by Gasteiger charge is 2.01. The quantitative estimate of drug-likeness (QED) is 0.649. The molecule has 0 atom stereocenters. The van der Waals surface area contributed by atoms with E-state index in [9.17, 15) is 4.79 Å². The van der Waals surface area contributed by atoms with Crippen LogP contribution in [0.2, 0.25) is 0 Å². The summed E-state index contributed by atoms with van der Waals surface area (Å²) >= 11 is 0. The van der Waals surface area contributed by atoms with Gasteiger partial charge in [-0.2, -0.15) is 0 Å². The Hall–Kier alpha value is -1.45. The zero-order chi connectivity index (χ0) is 10.3. The molecule has 4 nitrogen and oxygen atoms in total. The molecule has 13 heavy (non-hydrogen) atoms. The molecule has 0 aliphatic heterocycles. The zero-order valence-electron chi connectivity index (χ0n) is 7.86. The fourth-order valence-electron chi connectivity index (χ4n) is 0.897. The van der Waals surface area contributed by atoms with Crippen LogP contribution in [0.15, 0.2) is 24.7 Å². The van der Waals surface area contributed by atoms with Crippen LogP contribution in [0.1, 0.15) is 19.8 Å². The number of rotatable bonds is 6. The highest BCUT2D eigenvalue weighted by Crippen LogP contribution is 2.03. The third-order valence-corrected chi connectivity index (χ3v) is 1.55. The Kier molecular flexibility index (Phi) is 5.43. The van der Waals surface area contributed by atoms with E-state index in [2.05, 4.69) is 6.58 Å². The van der Waals surface area contributed by atoms with E-state index >= 15 is 0 Å². The van der Waals surface area contributed by atoms with E-state index in [1.54, 1.807) is 6.20 Å². The average Bonchev–Trinajstić information content (AvgIpc) is 2.02. The molecule has 0 radical (unpaired) electrons. The number of allylic oxidation sites excluding steroid dienone is 1. The van der Waals surface area contributed by atoms with Crippen molar-refractivity contribution >= 4 is 5.97 Å². The normalized spacial score (nSPS) is 10.2. The highest BCUT2D eigenvalue weighted by atomic mass is 16.4. The van der Waals surface area contributed by atoms with Crippen LogP contribution in [-0.2, 0) is 4.79 Å². The summed E-state index contributed by atoms with van der Waals surface area (Å²) in [7, 11) is 0. The van der Waals surface area contributed by atoms with Gasteiger partial charge in [-0.05, 0) is 13.3 Å². The standard InChI is InChI=1S/C9H16N2O2/c1-8(2)11(7-5-10)6-3-4-9(12)13/h5,7H,1,3-4,6,10H2,2H3,(H,12,13)/b7-5-. The minimum Gasteiger partial charge on any atom is -0.481 e. The van der Waals surface area contributed by atoms with Gasteiger partial charge < -0.3 is 15.7 Å². The molecule has 0 aromatic rings. The minimum atomic E-state index is -0.779. The molecule has 0 aromatic carbocycles. The second kappa shape index (κ2) is 6.11. The predicted molar refractivity (Wildman–Crippen MR) is 51.7 cm³/mol. The lowest BCUT2D eigenvalue weighted by Gasteiger charge is -2.19. The average molecular weight is 184 g/mol. The van der Waals surface area contributed by atoms with Crippen molar-refractivity contribution in [3.8, 4) is 0 Å². The van der Waals surface area contributed by atoms with Gasteiger partial charge in [0.1, 0.15) is 0 Å². The maximum Gasteiger partial charge on any atom is 0.303 e. The number of hydrogen-bond donors (Lipinski definition) is 2. The summed E-state index contributed by atoms with van der Waals surface area (Å²) in [5.74, 6) is -0.779. The largest absolute Gasteiger partial charge is 0.481 e. The van der Waals surface area contributed by atoms with Crippen LogP contribution in [0.5, 0.6) is 0 Å². The minimum absolute atomic E-state index is 0.169. The second-order valence-corrected chi connectivity index (χ2v) is 2.77. The van der Waals surface area contributed by atoms with Gasteiger partial charge in [0.25, 0.3) is 0 Å². The molecule has 0 aliphatic carbocycles. The zero-order valence-corrected chi connectivity index (χ0v) is 7.86. The third kappa shape index (κ3) is 5.78. The third-order valence-electron chi connectivity index (χ3n) is 1.55. The molecule has 4 heteroatoms. The Morgan fingerprint density at radius 1 is 1.69 bits per heavy atom. The van der Waals surface area contributed by atoms with Crippen molar-refractivity contribution in [2.45, 2.75) is 19.8 Å². The molecule has 0 aliphatic rings. The molecular formula is C9H16N2O2. The molecular weight excluding hydrogens is 168 g/mol. The fourth-order valence-corrected chi connectivity index (χ4v) is 0.897. The Labute approximate surface area is 78.3 Å². The number of nitrogens with zero attached hydrogens (tertiary/aromatic N) is 1. The fraction of sp³-hybridized carbons (Fsp3) is 0.444. The lowest BCUT2D eigenvalue weighted by atomic mass is 10.3. The Balaban J connectivity index is 3.83. The molecule has 0 bridgehead atoms. The van der Waals surface area contributed by atoms with E-state index in [0.29, 0.717) is 13.0 Å². The summed E-state index contributed by atoms with van der Waals surface area (Å²) in [5.41, 5.74) is 6.07. The summed E-state index contributed by atoms with van der Waals surface area (Å²) < 4.78 is 0. The lowest BCUT2D eigenvalue weighted by molar-refractivity contribution is -0.137. The van der Waals surface area contributed by atoms with Crippen LogP contribution in [-0.4, -0.2) is 22.5 Å². The second-order valence-electron chi connectivity index (χ2n) is 2.77. The number of carboxylic acids is 1. The number of carboxylic acid groups (broad SMARTS) is 1. The van der Waals surface area contributed by atoms with Crippen molar-refractivity contribution in [2.75, 3.05) is 6.54 Å². The molecule has 0 unspecified atom stereocenters. The van der Waals surface area contributed by atoms with E-state index in [0.717, 1.165) is 5.70 Å². The van der Waals surface area contributed by atoms with Crippen LogP contribution in [0, 0.1) is 0 Å². The Morgan fingerprint density at radius 2 is 2.31 bits per heavy atom. The first kappa shape index (κ1) is 11.6. The van der Waals surface area contributed by atoms with E-state index in [1.807, 2.05) is 11.8 Å². The Morgan fingerprint density at radius 3 is 2.69 bits per heavy atom. The van der Waals surface area contributed by atoms with Gasteiger partial charge in [0, 0.05) is 31.1 Å². The van der Waals surface area contributed by atoms with E-state index < -0.39 is 5.97 Å². The predicted octanol–water partition coefficient (Wildman–Crippen LogP) is 1.12. The number of nitrogens with two attached hydrogens (primary N) is 1. The van der Waals surface area contributed by atoms with Crippen molar-refractivity contribution in [3.05, 3.63) is 24.7 Å². The monoisotopic (exact) mass is 184 g/mol. The van der Waals surface area contributed by atoms with E-state index in [-0.39, 0.29) is 6.42 Å². The van der Waals surface area contributed by atoms with Gasteiger partial charge in [-0.25, -0.2) is 0 Å². The molecule has 0 heterocycles. The molecule has 0 saturated heterocycles. The SMILES string of the molecule is C=C(C)N(/C=C\N)CCCC(=O)O. The maximum atomic E-state index is 10.2. The van der Waals surface area contributed by atoms with Gasteiger partial charge in [0.2, 0.25) is 0 Å². The van der Waals surface area contributed by atoms with Crippen molar-refractivity contribution in [1.29, 1.82) is 0 Å². The first-order chi connectivity index (χ1) is 6.07. The van der Waals surface area contributed by atoms with Crippen LogP contribution < -0.4 is 5.73 Å². The summed E-state index contributed by atoms with van der Waals surface area (Å²) in [5, 5.41) is 8.41. The van der Waals surface area contributed by atoms with Crippen LogP contribution >= 0.6 is 0 Å². The molecule has 0 fully saturated rings. The smallest absolute Gasteiger partial charge is 0.303 e. The topological polar surface area (TPSA) is 66.6 Å². The van der Waals surface area contributed by atoms with Gasteiger partial charge in [-0.3, -0.25) is 4.79 Å². The molecule has 3 N–H and O–H groups in total. The van der Waals surface area contributed by atoms with Crippen LogP contribution in [0.4, 0.5) is 0 Å². The molecule has 0 aromatic heterocycles. The van der Waals surface area contributed by atoms with Gasteiger partial charge in [0.15, 0.2) is 0 Å². The molecule has 0 saturated carbocycles. The Bertz CT molecular complexity index is 212. The molecule has 0 amide bonds. The van der Waals surface area contributed by atoms with Gasteiger partial charge in [-0.1, -0.05) is 6.58 Å². The van der Waals surface area contributed by atoms with Gasteiger partial charge in [-0.15, -0.1) is 0 Å². The highest BCUT2D eigenvalue weighted by molar-refractivity contribution is 5.66. The maximum absolute atomic E-state index is 10.2. The lowest BCUT2D eigenvalue weighted by Crippen LogP contribution is -2.17. The number of carbonyl (C=O) groups is 1. The summed E-state index contributed by atoms with van der Waals surface area (Å²) in [4.78, 5) is 12.0.